The van der Waals surface area contributed by atoms with Crippen molar-refractivity contribution >= 4 is 61.3 Å². The molecule has 0 aliphatic rings. The van der Waals surface area contributed by atoms with Gasteiger partial charge in [-0.05, 0) is 65.8 Å². The third kappa shape index (κ3) is 13.8. The number of hydrogen-bond donors (Lipinski definition) is 4. The van der Waals surface area contributed by atoms with Crippen molar-refractivity contribution in [1.29, 1.82) is 0 Å². The molecule has 60 heavy (non-hydrogen) atoms. The van der Waals surface area contributed by atoms with E-state index in [4.69, 9.17) is 35.2 Å². The predicted octanol–water partition coefficient (Wildman–Crippen LogP) is 10.1. The summed E-state index contributed by atoms with van der Waals surface area (Å²) in [7, 11) is -0.826. The highest BCUT2D eigenvalue weighted by Gasteiger charge is 2.29. The summed E-state index contributed by atoms with van der Waals surface area (Å²) in [5.41, 5.74) is 11.2. The van der Waals surface area contributed by atoms with Crippen molar-refractivity contribution < 1.29 is 26.3 Å². The summed E-state index contributed by atoms with van der Waals surface area (Å²) in [6.45, 7) is 47.9. The Balaban J connectivity index is 0.000000573. The van der Waals surface area contributed by atoms with Crippen LogP contribution >= 0.6 is 0 Å². The highest BCUT2D eigenvalue weighted by atomic mass is 32.2. The van der Waals surface area contributed by atoms with E-state index in [0.717, 1.165) is 29.1 Å². The summed E-state index contributed by atoms with van der Waals surface area (Å²) in [5, 5.41) is 0. The molecule has 4 N–H and O–H groups in total. The normalized spacial score (nSPS) is 12.9. The predicted molar refractivity (Wildman–Crippen MR) is 239 cm³/mol. The molecule has 0 saturated heterocycles. The van der Waals surface area contributed by atoms with Crippen molar-refractivity contribution in [2.24, 2.45) is 5.92 Å². The largest absolute Gasteiger partial charge is 0.480 e. The third-order valence-corrected chi connectivity index (χ3v) is 12.6. The summed E-state index contributed by atoms with van der Waals surface area (Å²) >= 11 is -1.91. The van der Waals surface area contributed by atoms with E-state index in [-0.39, 0.29) is 56.7 Å². The first-order valence-electron chi connectivity index (χ1n) is 19.4. The molecule has 15 nitrogen and oxygen atoms in total. The summed E-state index contributed by atoms with van der Waals surface area (Å²) in [6, 6.07) is 13.4. The second-order valence-electron chi connectivity index (χ2n) is 15.3. The van der Waals surface area contributed by atoms with Gasteiger partial charge in [0.2, 0.25) is 0 Å². The topological polar surface area (TPSA) is 156 Å². The van der Waals surface area contributed by atoms with Gasteiger partial charge in [0.25, 0.3) is 16.1 Å². The minimum atomic E-state index is -3.60. The Bertz CT molecular complexity index is 2290. The Morgan fingerprint density at radius 3 is 1.92 bits per heavy atom. The number of carbonyl (C=O) groups is 1. The van der Waals surface area contributed by atoms with E-state index in [1.165, 1.54) is 50.0 Å². The molecule has 3 rings (SSSR count). The first-order chi connectivity index (χ1) is 28.2. The third-order valence-electron chi connectivity index (χ3n) is 10.2. The molecule has 1 amide bonds. The van der Waals surface area contributed by atoms with Crippen molar-refractivity contribution in [3.8, 4) is 5.75 Å². The fourth-order valence-electron chi connectivity index (χ4n) is 4.99. The van der Waals surface area contributed by atoms with E-state index in [2.05, 4.69) is 94.2 Å². The van der Waals surface area contributed by atoms with Crippen LogP contribution in [0.5, 0.6) is 5.75 Å². The Kier molecular flexibility index (Phi) is 19.2. The Labute approximate surface area is 359 Å². The summed E-state index contributed by atoms with van der Waals surface area (Å²) in [4.78, 5) is 28.8. The molecule has 0 bridgehead atoms. The first kappa shape index (κ1) is 50.6. The Morgan fingerprint density at radius 2 is 1.38 bits per heavy atom. The molecule has 3 atom stereocenters. The molecule has 17 heteroatoms. The number of hydrazine groups is 2. The Hall–Kier alpha value is -5.53. The van der Waals surface area contributed by atoms with Gasteiger partial charge in [0.05, 0.1) is 43.5 Å². The van der Waals surface area contributed by atoms with Crippen LogP contribution in [-0.4, -0.2) is 49.6 Å². The SMILES string of the molecule is [C-]#[N+]c1cc(NNC(=O)C(CC)Oc2ccc(C(C)(C)CC)cc2C(C)(C)CC)c(S(=O)OCC(C)CC)cc1[N+]#[C-].[C-]#[N+]c1ccc(NNS(=O)(=O)N(C)C)cc1[N+]#[C-]. The van der Waals surface area contributed by atoms with Gasteiger partial charge in [-0.1, -0.05) is 93.0 Å². The number of nitrogens with one attached hydrogen (secondary N) is 4. The Morgan fingerprint density at radius 1 is 0.800 bits per heavy atom. The van der Waals surface area contributed by atoms with Gasteiger partial charge >= 0.3 is 0 Å². The minimum absolute atomic E-state index is 0.00558. The molecule has 0 saturated carbocycles. The molecule has 0 radical (unpaired) electrons. The lowest BCUT2D eigenvalue weighted by Crippen LogP contribution is -2.41. The summed E-state index contributed by atoms with van der Waals surface area (Å²) in [6.07, 6.45) is 2.34. The lowest BCUT2D eigenvalue weighted by molar-refractivity contribution is -0.127. The number of hydrogen-bond acceptors (Lipinski definition) is 8. The number of anilines is 2. The van der Waals surface area contributed by atoms with Crippen LogP contribution in [0.25, 0.3) is 19.4 Å². The van der Waals surface area contributed by atoms with E-state index in [0.29, 0.717) is 17.9 Å². The lowest BCUT2D eigenvalue weighted by Gasteiger charge is -2.31. The number of benzene rings is 3. The van der Waals surface area contributed by atoms with E-state index in [9.17, 15) is 17.4 Å². The van der Waals surface area contributed by atoms with Crippen LogP contribution in [0.2, 0.25) is 0 Å². The fraction of sp³-hybridized carbons (Fsp3) is 0.465. The molecule has 3 unspecified atom stereocenters. The number of carbonyl (C=O) groups excluding carboxylic acids is 1. The smallest absolute Gasteiger partial charge is 0.295 e. The van der Waals surface area contributed by atoms with E-state index in [1.807, 2.05) is 26.8 Å². The second-order valence-corrected chi connectivity index (χ2v) is 18.4. The van der Waals surface area contributed by atoms with Gasteiger partial charge in [-0.3, -0.25) is 39.2 Å². The van der Waals surface area contributed by atoms with Crippen LogP contribution in [-0.2, 0) is 41.1 Å². The van der Waals surface area contributed by atoms with Gasteiger partial charge in [0, 0.05) is 25.3 Å². The maximum Gasteiger partial charge on any atom is 0.295 e. The van der Waals surface area contributed by atoms with Gasteiger partial charge in [0.15, 0.2) is 39.9 Å². The molecular formula is C43H57N9O6S2. The maximum atomic E-state index is 13.4. The first-order valence-corrected chi connectivity index (χ1v) is 21.9. The molecule has 322 valence electrons. The molecule has 3 aromatic rings. The monoisotopic (exact) mass is 859 g/mol. The zero-order valence-corrected chi connectivity index (χ0v) is 37.9. The highest BCUT2D eigenvalue weighted by molar-refractivity contribution is 7.87. The minimum Gasteiger partial charge on any atom is -0.480 e. The molecule has 0 spiro atoms. The molecule has 0 fully saturated rings. The number of nitrogens with zero attached hydrogens (tertiary/aromatic N) is 5. The number of amides is 1. The van der Waals surface area contributed by atoms with Crippen molar-refractivity contribution in [3.05, 3.63) is 105 Å². The highest BCUT2D eigenvalue weighted by Crippen LogP contribution is 2.40. The fourth-order valence-corrected chi connectivity index (χ4v) is 6.40. The second kappa shape index (κ2) is 22.7. The van der Waals surface area contributed by atoms with E-state index < -0.39 is 33.3 Å². The van der Waals surface area contributed by atoms with Crippen molar-refractivity contribution in [2.45, 2.75) is 110 Å². The maximum absolute atomic E-state index is 13.4. The standard InChI is InChI=1S/C33H46N4O4S.C10H11N5O2S/c1-12-22(5)21-40-42(39)30-20-26(35-11)25(34-10)19-27(30)36-37-31(38)28(13-2)41-29-17-16-23(32(6,7)14-3)18-24(29)33(8,9)15-4;1-11-9-6-5-8(7-10(9)12-2)13-14-18(16,17)15(3)4/h16-20,22,28,36H,12-15,21H2,1-9H3,(H,37,38);5-7,13-14H,3-4H3. The average molecular weight is 860 g/mol. The molecule has 0 aliphatic heterocycles. The number of ether oxygens (including phenoxy) is 1. The quantitative estimate of drug-likeness (QED) is 0.0686. The van der Waals surface area contributed by atoms with Gasteiger partial charge in [-0.15, -0.1) is 4.83 Å². The van der Waals surface area contributed by atoms with Crippen molar-refractivity contribution in [3.63, 3.8) is 0 Å². The summed E-state index contributed by atoms with van der Waals surface area (Å²) in [5.74, 6) is 0.433. The van der Waals surface area contributed by atoms with Gasteiger partial charge < -0.3 is 10.2 Å². The van der Waals surface area contributed by atoms with Crippen LogP contribution in [0.15, 0.2) is 53.4 Å². The number of rotatable bonds is 19. The molecule has 0 aromatic heterocycles. The van der Waals surface area contributed by atoms with E-state index in [1.54, 1.807) is 0 Å². The van der Waals surface area contributed by atoms with Gasteiger partial charge in [0.1, 0.15) is 5.75 Å². The van der Waals surface area contributed by atoms with Crippen molar-refractivity contribution in [2.75, 3.05) is 31.6 Å². The van der Waals surface area contributed by atoms with Gasteiger partial charge in [-0.2, -0.15) is 12.7 Å². The summed E-state index contributed by atoms with van der Waals surface area (Å²) < 4.78 is 48.8. The van der Waals surface area contributed by atoms with Crippen LogP contribution in [0.3, 0.4) is 0 Å². The van der Waals surface area contributed by atoms with Crippen LogP contribution in [0.1, 0.15) is 99.1 Å². The van der Waals surface area contributed by atoms with E-state index >= 15 is 0 Å². The molecule has 0 heterocycles. The molecule has 0 aliphatic carbocycles. The van der Waals surface area contributed by atoms with Crippen molar-refractivity contribution in [1.82, 2.24) is 14.6 Å². The zero-order chi connectivity index (χ0) is 45.4. The van der Waals surface area contributed by atoms with Gasteiger partial charge in [-0.25, -0.2) is 4.21 Å². The molecular weight excluding hydrogens is 803 g/mol. The van der Waals surface area contributed by atoms with Crippen LogP contribution in [0.4, 0.5) is 34.1 Å². The van der Waals surface area contributed by atoms with Crippen LogP contribution < -0.4 is 25.8 Å². The average Bonchev–Trinajstić information content (AvgIpc) is 3.25. The molecule has 3 aromatic carbocycles. The lowest BCUT2D eigenvalue weighted by atomic mass is 9.76. The van der Waals surface area contributed by atoms with Crippen LogP contribution in [0, 0.1) is 32.2 Å². The zero-order valence-electron chi connectivity index (χ0n) is 36.3.